The minimum absolute atomic E-state index is 0.00308. The van der Waals surface area contributed by atoms with Gasteiger partial charge in [0.2, 0.25) is 15.9 Å². The maximum absolute atomic E-state index is 13.5. The molecule has 3 N–H and O–H groups in total. The van der Waals surface area contributed by atoms with E-state index in [4.69, 9.17) is 0 Å². The first-order valence-corrected chi connectivity index (χ1v) is 16.4. The molecule has 220 valence electrons. The number of amides is 1. The van der Waals surface area contributed by atoms with Crippen LogP contribution in [0.5, 0.6) is 0 Å². The zero-order valence-electron chi connectivity index (χ0n) is 24.6. The Labute approximate surface area is 250 Å². The zero-order chi connectivity index (χ0) is 29.7. The van der Waals surface area contributed by atoms with Crippen molar-refractivity contribution < 1.29 is 13.2 Å². The fourth-order valence-electron chi connectivity index (χ4n) is 5.73. The van der Waals surface area contributed by atoms with Crippen molar-refractivity contribution in [1.82, 2.24) is 15.4 Å². The summed E-state index contributed by atoms with van der Waals surface area (Å²) in [5.41, 5.74) is 4.43. The predicted molar refractivity (Wildman–Crippen MR) is 170 cm³/mol. The number of aryl methyl sites for hydroxylation is 1. The van der Waals surface area contributed by atoms with E-state index >= 15 is 0 Å². The van der Waals surface area contributed by atoms with Gasteiger partial charge in [0.15, 0.2) is 0 Å². The Kier molecular flexibility index (Phi) is 9.41. The van der Waals surface area contributed by atoms with Crippen molar-refractivity contribution in [2.75, 3.05) is 6.54 Å². The van der Waals surface area contributed by atoms with Crippen molar-refractivity contribution in [2.45, 2.75) is 69.5 Å². The standard InChI is InChI=1S/C35H41N3O3S/c1-24(2)23-36-25(3)28-17-19-32-30(20-28)14-9-15-33(32)37-35(39)22-34(27-11-5-4-6-12-27)38-42(40,41)31-18-16-26-10-7-8-13-29(26)21-31/h4-8,10-13,16-21,24-25,33-34,36,38H,9,14-15,22-23H2,1-3H3,(H,37,39)/t25?,33-,34-/m1/s1. The summed E-state index contributed by atoms with van der Waals surface area (Å²) in [6.45, 7) is 7.56. The quantitative estimate of drug-likeness (QED) is 0.182. The van der Waals surface area contributed by atoms with Crippen molar-refractivity contribution in [1.29, 1.82) is 0 Å². The van der Waals surface area contributed by atoms with E-state index in [-0.39, 0.29) is 29.3 Å². The molecular weight excluding hydrogens is 542 g/mol. The lowest BCUT2D eigenvalue weighted by Crippen LogP contribution is -2.36. The molecule has 0 radical (unpaired) electrons. The van der Waals surface area contributed by atoms with Crippen molar-refractivity contribution in [3.63, 3.8) is 0 Å². The van der Waals surface area contributed by atoms with Gasteiger partial charge in [-0.2, -0.15) is 0 Å². The highest BCUT2D eigenvalue weighted by atomic mass is 32.2. The lowest BCUT2D eigenvalue weighted by atomic mass is 9.85. The lowest BCUT2D eigenvalue weighted by molar-refractivity contribution is -0.122. The van der Waals surface area contributed by atoms with Crippen LogP contribution in [0.1, 0.15) is 80.4 Å². The van der Waals surface area contributed by atoms with Gasteiger partial charge in [0.1, 0.15) is 0 Å². The minimum atomic E-state index is -3.89. The number of carbonyl (C=O) groups is 1. The molecule has 0 fully saturated rings. The molecule has 4 aromatic carbocycles. The van der Waals surface area contributed by atoms with Gasteiger partial charge in [-0.15, -0.1) is 0 Å². The van der Waals surface area contributed by atoms with Gasteiger partial charge >= 0.3 is 0 Å². The fourth-order valence-corrected chi connectivity index (χ4v) is 6.98. The molecule has 0 aliphatic heterocycles. The van der Waals surface area contributed by atoms with Gasteiger partial charge in [0, 0.05) is 12.5 Å². The highest BCUT2D eigenvalue weighted by Crippen LogP contribution is 2.32. The first-order valence-electron chi connectivity index (χ1n) is 14.9. The second kappa shape index (κ2) is 13.2. The largest absolute Gasteiger partial charge is 0.349 e. The Bertz CT molecular complexity index is 1640. The molecule has 1 aliphatic carbocycles. The van der Waals surface area contributed by atoms with Crippen LogP contribution in [0.15, 0.2) is 95.9 Å². The normalized spacial score (nSPS) is 16.6. The van der Waals surface area contributed by atoms with Crippen LogP contribution in [0.4, 0.5) is 0 Å². The van der Waals surface area contributed by atoms with E-state index < -0.39 is 16.1 Å². The third-order valence-electron chi connectivity index (χ3n) is 8.07. The average molecular weight is 584 g/mol. The smallest absolute Gasteiger partial charge is 0.241 e. The second-order valence-corrected chi connectivity index (χ2v) is 13.5. The first kappa shape index (κ1) is 30.0. The van der Waals surface area contributed by atoms with Crippen molar-refractivity contribution in [3.8, 4) is 0 Å². The van der Waals surface area contributed by atoms with E-state index in [0.717, 1.165) is 47.7 Å². The molecule has 7 heteroatoms. The molecule has 6 nitrogen and oxygen atoms in total. The molecule has 1 unspecified atom stereocenters. The summed E-state index contributed by atoms with van der Waals surface area (Å²) >= 11 is 0. The highest BCUT2D eigenvalue weighted by Gasteiger charge is 2.27. The van der Waals surface area contributed by atoms with E-state index in [2.05, 4.69) is 54.3 Å². The van der Waals surface area contributed by atoms with Crippen LogP contribution in [0.2, 0.25) is 0 Å². The molecule has 0 spiro atoms. The van der Waals surface area contributed by atoms with Crippen LogP contribution in [0, 0.1) is 5.92 Å². The maximum Gasteiger partial charge on any atom is 0.241 e. The van der Waals surface area contributed by atoms with E-state index in [1.54, 1.807) is 18.2 Å². The summed E-state index contributed by atoms with van der Waals surface area (Å²) in [7, 11) is -3.89. The minimum Gasteiger partial charge on any atom is -0.349 e. The molecule has 42 heavy (non-hydrogen) atoms. The van der Waals surface area contributed by atoms with Crippen LogP contribution < -0.4 is 15.4 Å². The number of hydrogen-bond donors (Lipinski definition) is 3. The Morgan fingerprint density at radius 1 is 0.857 bits per heavy atom. The molecule has 0 saturated heterocycles. The summed E-state index contributed by atoms with van der Waals surface area (Å²) in [6.07, 6.45) is 2.84. The summed E-state index contributed by atoms with van der Waals surface area (Å²) in [6, 6.07) is 28.1. The van der Waals surface area contributed by atoms with Crippen molar-refractivity contribution in [3.05, 3.63) is 113 Å². The molecule has 0 bridgehead atoms. The Balaban J connectivity index is 1.32. The number of carbonyl (C=O) groups excluding carboxylic acids is 1. The third kappa shape index (κ3) is 7.27. The summed E-state index contributed by atoms with van der Waals surface area (Å²) < 4.78 is 29.9. The first-order chi connectivity index (χ1) is 20.2. The molecule has 5 rings (SSSR count). The van der Waals surface area contributed by atoms with E-state index in [0.29, 0.717) is 5.92 Å². The Morgan fingerprint density at radius 2 is 1.60 bits per heavy atom. The number of nitrogens with one attached hydrogen (secondary N) is 3. The van der Waals surface area contributed by atoms with Crippen LogP contribution in [0.3, 0.4) is 0 Å². The van der Waals surface area contributed by atoms with Gasteiger partial charge in [-0.25, -0.2) is 13.1 Å². The molecule has 4 aromatic rings. The number of benzene rings is 4. The summed E-state index contributed by atoms with van der Waals surface area (Å²) in [5.74, 6) is 0.403. The van der Waals surface area contributed by atoms with E-state index in [9.17, 15) is 13.2 Å². The zero-order valence-corrected chi connectivity index (χ0v) is 25.5. The predicted octanol–water partition coefficient (Wildman–Crippen LogP) is 6.75. The average Bonchev–Trinajstić information content (AvgIpc) is 2.99. The highest BCUT2D eigenvalue weighted by molar-refractivity contribution is 7.89. The number of hydrogen-bond acceptors (Lipinski definition) is 4. The van der Waals surface area contributed by atoms with Gasteiger partial charge in [-0.3, -0.25) is 4.79 Å². The Morgan fingerprint density at radius 3 is 2.36 bits per heavy atom. The number of sulfonamides is 1. The van der Waals surface area contributed by atoms with Crippen LogP contribution in [-0.4, -0.2) is 20.9 Å². The summed E-state index contributed by atoms with van der Waals surface area (Å²) in [5, 5.41) is 8.64. The second-order valence-electron chi connectivity index (χ2n) is 11.8. The van der Waals surface area contributed by atoms with Crippen molar-refractivity contribution in [2.24, 2.45) is 5.92 Å². The van der Waals surface area contributed by atoms with E-state index in [1.165, 1.54) is 11.1 Å². The number of rotatable bonds is 11. The maximum atomic E-state index is 13.5. The Hall–Kier alpha value is -3.52. The topological polar surface area (TPSA) is 87.3 Å². The molecular formula is C35H41N3O3S. The van der Waals surface area contributed by atoms with Gasteiger partial charge in [-0.05, 0) is 83.8 Å². The van der Waals surface area contributed by atoms with Crippen LogP contribution >= 0.6 is 0 Å². The monoisotopic (exact) mass is 583 g/mol. The van der Waals surface area contributed by atoms with E-state index in [1.807, 2.05) is 54.6 Å². The molecule has 1 aliphatic rings. The molecule has 3 atom stereocenters. The third-order valence-corrected chi connectivity index (χ3v) is 9.54. The SMILES string of the molecule is CC(C)CNC(C)c1ccc2c(c1)CCC[C@H]2NC(=O)C[C@@H](NS(=O)(=O)c1ccc2ccccc2c1)c1ccccc1. The molecule has 0 saturated carbocycles. The lowest BCUT2D eigenvalue weighted by Gasteiger charge is -2.29. The van der Waals surface area contributed by atoms with Crippen LogP contribution in [-0.2, 0) is 21.2 Å². The molecule has 0 aromatic heterocycles. The van der Waals surface area contributed by atoms with Crippen LogP contribution in [0.25, 0.3) is 10.8 Å². The van der Waals surface area contributed by atoms with Gasteiger partial charge in [0.25, 0.3) is 0 Å². The molecule has 1 amide bonds. The number of fused-ring (bicyclic) bond motifs is 2. The van der Waals surface area contributed by atoms with Gasteiger partial charge in [0.05, 0.1) is 17.0 Å². The van der Waals surface area contributed by atoms with Gasteiger partial charge < -0.3 is 10.6 Å². The van der Waals surface area contributed by atoms with Crippen molar-refractivity contribution >= 4 is 26.7 Å². The summed E-state index contributed by atoms with van der Waals surface area (Å²) in [4.78, 5) is 13.6. The fraction of sp³-hybridized carbons (Fsp3) is 0.343. The molecule has 0 heterocycles. The van der Waals surface area contributed by atoms with Gasteiger partial charge in [-0.1, -0.05) is 92.7 Å².